The standard InChI is InChI=1S/C17H19N3O2S2/c1-20(8-16(21)19-12-6-7-12)17(22)14-4-2-3-5-15(14)24-10-13-9-23-11-18-13/h2-5,9,11-12H,6-8,10H2,1H3,(H,19,21). The van der Waals surface area contributed by atoms with Crippen LogP contribution >= 0.6 is 23.1 Å². The van der Waals surface area contributed by atoms with Gasteiger partial charge in [0.2, 0.25) is 5.91 Å². The van der Waals surface area contributed by atoms with Crippen LogP contribution in [-0.2, 0) is 10.5 Å². The first-order chi connectivity index (χ1) is 11.6. The van der Waals surface area contributed by atoms with E-state index < -0.39 is 0 Å². The van der Waals surface area contributed by atoms with E-state index >= 15 is 0 Å². The number of likely N-dealkylation sites (N-methyl/N-ethyl adjacent to an activating group) is 1. The van der Waals surface area contributed by atoms with Crippen molar-refractivity contribution in [3.63, 3.8) is 0 Å². The Morgan fingerprint density at radius 1 is 1.38 bits per heavy atom. The molecule has 5 nitrogen and oxygen atoms in total. The molecule has 1 N–H and O–H groups in total. The molecule has 1 saturated carbocycles. The van der Waals surface area contributed by atoms with Crippen LogP contribution in [0.3, 0.4) is 0 Å². The number of hydrogen-bond acceptors (Lipinski definition) is 5. The summed E-state index contributed by atoms with van der Waals surface area (Å²) in [4.78, 5) is 31.2. The Morgan fingerprint density at radius 2 is 2.17 bits per heavy atom. The molecule has 2 amide bonds. The second-order valence-corrected chi connectivity index (χ2v) is 7.50. The Morgan fingerprint density at radius 3 is 2.88 bits per heavy atom. The third-order valence-electron chi connectivity index (χ3n) is 3.65. The van der Waals surface area contributed by atoms with Crippen molar-refractivity contribution >= 4 is 34.9 Å². The van der Waals surface area contributed by atoms with Gasteiger partial charge in [-0.25, -0.2) is 4.98 Å². The molecule has 0 aliphatic heterocycles. The number of amides is 2. The SMILES string of the molecule is CN(CC(=O)NC1CC1)C(=O)c1ccccc1SCc1cscn1. The molecule has 7 heteroatoms. The number of aromatic nitrogens is 1. The Labute approximate surface area is 149 Å². The maximum Gasteiger partial charge on any atom is 0.255 e. The van der Waals surface area contributed by atoms with Crippen molar-refractivity contribution in [2.75, 3.05) is 13.6 Å². The van der Waals surface area contributed by atoms with E-state index in [9.17, 15) is 9.59 Å². The zero-order chi connectivity index (χ0) is 16.9. The summed E-state index contributed by atoms with van der Waals surface area (Å²) in [6.45, 7) is 0.0838. The van der Waals surface area contributed by atoms with Crippen LogP contribution in [0.4, 0.5) is 0 Å². The minimum absolute atomic E-state index is 0.0838. The van der Waals surface area contributed by atoms with Gasteiger partial charge < -0.3 is 10.2 Å². The minimum atomic E-state index is -0.137. The van der Waals surface area contributed by atoms with Crippen LogP contribution in [0.2, 0.25) is 0 Å². The first-order valence-electron chi connectivity index (χ1n) is 7.77. The monoisotopic (exact) mass is 361 g/mol. The Balaban J connectivity index is 1.63. The van der Waals surface area contributed by atoms with Crippen LogP contribution in [-0.4, -0.2) is 41.3 Å². The largest absolute Gasteiger partial charge is 0.352 e. The van der Waals surface area contributed by atoms with Crippen molar-refractivity contribution in [2.45, 2.75) is 29.5 Å². The highest BCUT2D eigenvalue weighted by Gasteiger charge is 2.25. The lowest BCUT2D eigenvalue weighted by molar-refractivity contribution is -0.121. The summed E-state index contributed by atoms with van der Waals surface area (Å²) in [5, 5.41) is 4.91. The zero-order valence-corrected chi connectivity index (χ0v) is 15.0. The third-order valence-corrected chi connectivity index (χ3v) is 5.39. The quantitative estimate of drug-likeness (QED) is 0.771. The van der Waals surface area contributed by atoms with Gasteiger partial charge in [0.15, 0.2) is 0 Å². The molecule has 2 aromatic rings. The summed E-state index contributed by atoms with van der Waals surface area (Å²) in [5.41, 5.74) is 3.43. The molecule has 24 heavy (non-hydrogen) atoms. The lowest BCUT2D eigenvalue weighted by atomic mass is 10.2. The molecule has 1 fully saturated rings. The first-order valence-corrected chi connectivity index (χ1v) is 9.70. The van der Waals surface area contributed by atoms with E-state index in [-0.39, 0.29) is 18.4 Å². The molecular formula is C17H19N3O2S2. The van der Waals surface area contributed by atoms with Crippen molar-refractivity contribution in [3.8, 4) is 0 Å². The number of nitrogens with zero attached hydrogens (tertiary/aromatic N) is 2. The van der Waals surface area contributed by atoms with Crippen LogP contribution < -0.4 is 5.32 Å². The van der Waals surface area contributed by atoms with E-state index in [0.717, 1.165) is 29.2 Å². The molecule has 1 aliphatic rings. The molecular weight excluding hydrogens is 342 g/mol. The van der Waals surface area contributed by atoms with E-state index in [1.807, 2.05) is 23.6 Å². The number of rotatable bonds is 7. The van der Waals surface area contributed by atoms with E-state index in [0.29, 0.717) is 11.6 Å². The van der Waals surface area contributed by atoms with Crippen molar-refractivity contribution in [3.05, 3.63) is 46.4 Å². The second kappa shape index (κ2) is 7.81. The smallest absolute Gasteiger partial charge is 0.255 e. The fraction of sp³-hybridized carbons (Fsp3) is 0.353. The van der Waals surface area contributed by atoms with Gasteiger partial charge in [-0.15, -0.1) is 23.1 Å². The molecule has 3 rings (SSSR count). The van der Waals surface area contributed by atoms with Gasteiger partial charge in [0.05, 0.1) is 23.3 Å². The highest BCUT2D eigenvalue weighted by atomic mass is 32.2. The predicted molar refractivity (Wildman–Crippen MR) is 96.2 cm³/mol. The summed E-state index contributed by atoms with van der Waals surface area (Å²) >= 11 is 3.15. The first kappa shape index (κ1) is 17.0. The van der Waals surface area contributed by atoms with Gasteiger partial charge in [0.1, 0.15) is 0 Å². The Kier molecular flexibility index (Phi) is 5.52. The molecule has 0 bridgehead atoms. The highest BCUT2D eigenvalue weighted by Crippen LogP contribution is 2.27. The molecule has 0 radical (unpaired) electrons. The van der Waals surface area contributed by atoms with Gasteiger partial charge >= 0.3 is 0 Å². The molecule has 0 saturated heterocycles. The molecule has 0 atom stereocenters. The fourth-order valence-corrected chi connectivity index (χ4v) is 3.83. The number of thioether (sulfide) groups is 1. The normalized spacial score (nSPS) is 13.5. The number of thiazole rings is 1. The Hall–Kier alpha value is -1.86. The van der Waals surface area contributed by atoms with Gasteiger partial charge in [-0.05, 0) is 25.0 Å². The summed E-state index contributed by atoms with van der Waals surface area (Å²) in [5.74, 6) is 0.489. The summed E-state index contributed by atoms with van der Waals surface area (Å²) < 4.78 is 0. The van der Waals surface area contributed by atoms with E-state index in [4.69, 9.17) is 0 Å². The number of benzene rings is 1. The van der Waals surface area contributed by atoms with Crippen LogP contribution in [0.1, 0.15) is 28.9 Å². The third kappa shape index (κ3) is 4.58. The van der Waals surface area contributed by atoms with Crippen LogP contribution in [0.15, 0.2) is 40.1 Å². The maximum absolute atomic E-state index is 12.7. The van der Waals surface area contributed by atoms with Crippen molar-refractivity contribution in [1.82, 2.24) is 15.2 Å². The predicted octanol–water partition coefficient (Wildman–Crippen LogP) is 2.79. The molecule has 1 aromatic heterocycles. The van der Waals surface area contributed by atoms with Gasteiger partial charge in [0, 0.05) is 29.1 Å². The van der Waals surface area contributed by atoms with Crippen LogP contribution in [0.25, 0.3) is 0 Å². The molecule has 1 heterocycles. The molecule has 1 aromatic carbocycles. The molecule has 0 spiro atoms. The lowest BCUT2D eigenvalue weighted by Gasteiger charge is -2.18. The van der Waals surface area contributed by atoms with E-state index in [1.54, 1.807) is 41.7 Å². The molecule has 0 unspecified atom stereocenters. The minimum Gasteiger partial charge on any atom is -0.352 e. The number of hydrogen-bond donors (Lipinski definition) is 1. The average molecular weight is 361 g/mol. The molecule has 126 valence electrons. The van der Waals surface area contributed by atoms with Gasteiger partial charge in [-0.1, -0.05) is 12.1 Å². The zero-order valence-electron chi connectivity index (χ0n) is 13.4. The fourth-order valence-electron chi connectivity index (χ4n) is 2.22. The second-order valence-electron chi connectivity index (χ2n) is 5.77. The van der Waals surface area contributed by atoms with Crippen LogP contribution in [0, 0.1) is 0 Å². The summed E-state index contributed by atoms with van der Waals surface area (Å²) in [6, 6.07) is 7.81. The van der Waals surface area contributed by atoms with Gasteiger partial charge in [-0.2, -0.15) is 0 Å². The average Bonchev–Trinajstić information content (AvgIpc) is 3.23. The lowest BCUT2D eigenvalue weighted by Crippen LogP contribution is -2.39. The van der Waals surface area contributed by atoms with Gasteiger partial charge in [-0.3, -0.25) is 9.59 Å². The maximum atomic E-state index is 12.7. The van der Waals surface area contributed by atoms with Crippen molar-refractivity contribution in [1.29, 1.82) is 0 Å². The number of carbonyl (C=O) groups is 2. The highest BCUT2D eigenvalue weighted by molar-refractivity contribution is 7.98. The Bertz CT molecular complexity index is 714. The van der Waals surface area contributed by atoms with Gasteiger partial charge in [0.25, 0.3) is 5.91 Å². The van der Waals surface area contributed by atoms with Crippen molar-refractivity contribution < 1.29 is 9.59 Å². The topological polar surface area (TPSA) is 62.3 Å². The van der Waals surface area contributed by atoms with Crippen LogP contribution in [0.5, 0.6) is 0 Å². The van der Waals surface area contributed by atoms with Crippen molar-refractivity contribution in [2.24, 2.45) is 0 Å². The molecule has 1 aliphatic carbocycles. The number of carbonyl (C=O) groups excluding carboxylic acids is 2. The van der Waals surface area contributed by atoms with E-state index in [2.05, 4.69) is 10.3 Å². The summed E-state index contributed by atoms with van der Waals surface area (Å²) in [7, 11) is 1.66. The number of nitrogens with one attached hydrogen (secondary N) is 1. The van der Waals surface area contributed by atoms with E-state index in [1.165, 1.54) is 4.90 Å². The summed E-state index contributed by atoms with van der Waals surface area (Å²) in [6.07, 6.45) is 2.08.